The number of anilines is 1. The summed E-state index contributed by atoms with van der Waals surface area (Å²) in [6.07, 6.45) is 2.20. The molecule has 0 aliphatic carbocycles. The predicted molar refractivity (Wildman–Crippen MR) is 198 cm³/mol. The second-order valence-corrected chi connectivity index (χ2v) is 12.8. The van der Waals surface area contributed by atoms with Gasteiger partial charge in [0.2, 0.25) is 0 Å². The van der Waals surface area contributed by atoms with Crippen LogP contribution in [0.1, 0.15) is 57.8 Å². The second-order valence-electron chi connectivity index (χ2n) is 12.8. The van der Waals surface area contributed by atoms with E-state index in [0.717, 1.165) is 91.3 Å². The van der Waals surface area contributed by atoms with Crippen molar-refractivity contribution in [3.05, 3.63) is 130 Å². The fraction of sp³-hybridized carbons (Fsp3) is 0.262. The number of hydrogen-bond acceptors (Lipinski definition) is 5. The average Bonchev–Trinajstić information content (AvgIpc) is 3.69. The number of esters is 1. The summed E-state index contributed by atoms with van der Waals surface area (Å²) in [4.78, 5) is 15.9. The molecule has 7 heteroatoms. The van der Waals surface area contributed by atoms with Gasteiger partial charge in [-0.1, -0.05) is 30.3 Å². The Labute approximate surface area is 287 Å². The summed E-state index contributed by atoms with van der Waals surface area (Å²) in [6.45, 7) is 10.3. The molecule has 6 aromatic rings. The van der Waals surface area contributed by atoms with E-state index in [2.05, 4.69) is 96.3 Å². The molecule has 0 spiro atoms. The number of carbonyl (C=O) groups excluding carboxylic acids is 1. The van der Waals surface area contributed by atoms with Crippen LogP contribution in [0, 0.1) is 13.8 Å². The van der Waals surface area contributed by atoms with E-state index < -0.39 is 5.60 Å². The Bertz CT molecular complexity index is 2170. The highest BCUT2D eigenvalue weighted by atomic mass is 16.6. The third-order valence-corrected chi connectivity index (χ3v) is 10.2. The summed E-state index contributed by atoms with van der Waals surface area (Å²) in [5, 5.41) is 2.14. The van der Waals surface area contributed by atoms with Crippen LogP contribution in [0.2, 0.25) is 0 Å². The van der Waals surface area contributed by atoms with Crippen LogP contribution in [0.25, 0.3) is 27.4 Å². The third-order valence-electron chi connectivity index (χ3n) is 10.2. The molecular formula is C42H43N3O4. The summed E-state index contributed by atoms with van der Waals surface area (Å²) < 4.78 is 22.9. The van der Waals surface area contributed by atoms with Crippen LogP contribution in [0.5, 0.6) is 11.5 Å². The monoisotopic (exact) mass is 653 g/mol. The molecule has 250 valence electrons. The van der Waals surface area contributed by atoms with Crippen molar-refractivity contribution in [2.24, 2.45) is 0 Å². The number of rotatable bonds is 9. The molecule has 7 rings (SSSR count). The number of methoxy groups -OCH3 is 2. The number of hydrogen-bond donors (Lipinski definition) is 0. The van der Waals surface area contributed by atoms with Gasteiger partial charge in [-0.2, -0.15) is 0 Å². The minimum atomic E-state index is -1.20. The first-order chi connectivity index (χ1) is 23.7. The van der Waals surface area contributed by atoms with Crippen LogP contribution in [-0.4, -0.2) is 43.4 Å². The predicted octanol–water partition coefficient (Wildman–Crippen LogP) is 8.88. The highest BCUT2D eigenvalue weighted by Gasteiger charge is 2.46. The molecule has 4 aromatic carbocycles. The van der Waals surface area contributed by atoms with Gasteiger partial charge in [0.15, 0.2) is 5.60 Å². The molecule has 1 atom stereocenters. The molecular weight excluding hydrogens is 610 g/mol. The van der Waals surface area contributed by atoms with Crippen LogP contribution in [0.4, 0.5) is 5.69 Å². The maximum atomic E-state index is 13.8. The Morgan fingerprint density at radius 3 is 1.80 bits per heavy atom. The van der Waals surface area contributed by atoms with Gasteiger partial charge < -0.3 is 28.2 Å². The Morgan fingerprint density at radius 2 is 1.31 bits per heavy atom. The van der Waals surface area contributed by atoms with Gasteiger partial charge >= 0.3 is 5.97 Å². The molecule has 0 fully saturated rings. The molecule has 0 saturated heterocycles. The number of nitrogens with zero attached hydrogens (tertiary/aromatic N) is 3. The normalized spacial score (nSPS) is 15.4. The number of ether oxygens (including phenoxy) is 3. The smallest absolute Gasteiger partial charge is 0.340 e. The Balaban J connectivity index is 1.68. The van der Waals surface area contributed by atoms with E-state index in [4.69, 9.17) is 14.2 Å². The number of benzene rings is 4. The van der Waals surface area contributed by atoms with Crippen molar-refractivity contribution >= 4 is 39.0 Å². The summed E-state index contributed by atoms with van der Waals surface area (Å²) in [6, 6.07) is 28.6. The first kappa shape index (κ1) is 32.1. The van der Waals surface area contributed by atoms with Crippen molar-refractivity contribution in [2.45, 2.75) is 46.4 Å². The van der Waals surface area contributed by atoms with Gasteiger partial charge in [0.25, 0.3) is 0 Å². The van der Waals surface area contributed by atoms with Crippen LogP contribution in [0.15, 0.2) is 91.0 Å². The minimum absolute atomic E-state index is 0.341. The average molecular weight is 654 g/mol. The summed E-state index contributed by atoms with van der Waals surface area (Å²) in [7, 11) is 7.45. The van der Waals surface area contributed by atoms with Gasteiger partial charge in [-0.3, -0.25) is 0 Å². The quantitative estimate of drug-likeness (QED) is 0.146. The van der Waals surface area contributed by atoms with Crippen molar-refractivity contribution in [1.82, 2.24) is 9.13 Å². The van der Waals surface area contributed by atoms with Crippen molar-refractivity contribution in [2.75, 3.05) is 33.2 Å². The minimum Gasteiger partial charge on any atom is -0.497 e. The Morgan fingerprint density at radius 1 is 0.776 bits per heavy atom. The van der Waals surface area contributed by atoms with Crippen molar-refractivity contribution in [3.8, 4) is 11.5 Å². The largest absolute Gasteiger partial charge is 0.497 e. The standard InChI is InChI=1S/C42H43N3O4/c1-9-44-26(3)39(33-23-30(47-7)19-21-37(33)44)35(40-27(4)45(10-2)38-22-20-31(48-8)24-34(38)40)25-42(28-15-17-29(18-16-28)43(5)6)36-14-12-11-13-32(36)41(46)49-42/h11-25H,9-10H2,1-8H3. The van der Waals surface area contributed by atoms with Gasteiger partial charge in [-0.05, 0) is 93.9 Å². The van der Waals surface area contributed by atoms with Crippen molar-refractivity contribution in [1.29, 1.82) is 0 Å². The highest BCUT2D eigenvalue weighted by molar-refractivity contribution is 6.07. The van der Waals surface area contributed by atoms with E-state index in [9.17, 15) is 4.79 Å². The molecule has 1 aliphatic rings. The topological polar surface area (TPSA) is 57.9 Å². The lowest BCUT2D eigenvalue weighted by Gasteiger charge is -2.29. The molecule has 3 heterocycles. The number of carbonyl (C=O) groups is 1. The number of fused-ring (bicyclic) bond motifs is 3. The first-order valence-corrected chi connectivity index (χ1v) is 16.8. The molecule has 0 bridgehead atoms. The van der Waals surface area contributed by atoms with Crippen LogP contribution in [-0.2, 0) is 23.4 Å². The second kappa shape index (κ2) is 12.2. The molecule has 0 N–H and O–H groups in total. The lowest BCUT2D eigenvalue weighted by atomic mass is 9.81. The van der Waals surface area contributed by atoms with Gasteiger partial charge in [-0.15, -0.1) is 0 Å². The highest BCUT2D eigenvalue weighted by Crippen LogP contribution is 2.49. The summed E-state index contributed by atoms with van der Waals surface area (Å²) in [5.41, 5.74) is 9.70. The van der Waals surface area contributed by atoms with E-state index in [1.165, 1.54) is 0 Å². The molecule has 0 radical (unpaired) electrons. The third kappa shape index (κ3) is 4.90. The lowest BCUT2D eigenvalue weighted by molar-refractivity contribution is 0.0276. The molecule has 0 saturated carbocycles. The van der Waals surface area contributed by atoms with Gasteiger partial charge in [0, 0.05) is 88.3 Å². The molecule has 7 nitrogen and oxygen atoms in total. The number of aromatic nitrogens is 2. The van der Waals surface area contributed by atoms with E-state index in [0.29, 0.717) is 5.56 Å². The van der Waals surface area contributed by atoms with Crippen molar-refractivity contribution < 1.29 is 19.0 Å². The Kier molecular flexibility index (Phi) is 8.02. The van der Waals surface area contributed by atoms with Crippen LogP contribution >= 0.6 is 0 Å². The van der Waals surface area contributed by atoms with Gasteiger partial charge in [0.1, 0.15) is 11.5 Å². The van der Waals surface area contributed by atoms with Gasteiger partial charge in [0.05, 0.1) is 19.8 Å². The van der Waals surface area contributed by atoms with E-state index in [1.807, 2.05) is 50.5 Å². The molecule has 49 heavy (non-hydrogen) atoms. The molecule has 0 amide bonds. The van der Waals surface area contributed by atoms with Crippen LogP contribution in [0.3, 0.4) is 0 Å². The summed E-state index contributed by atoms with van der Waals surface area (Å²) in [5.74, 6) is 1.22. The van der Waals surface area contributed by atoms with Crippen LogP contribution < -0.4 is 14.4 Å². The first-order valence-electron chi connectivity index (χ1n) is 16.8. The molecule has 2 aromatic heterocycles. The summed E-state index contributed by atoms with van der Waals surface area (Å²) >= 11 is 0. The molecule has 1 aliphatic heterocycles. The van der Waals surface area contributed by atoms with E-state index >= 15 is 0 Å². The zero-order valence-electron chi connectivity index (χ0n) is 29.5. The van der Waals surface area contributed by atoms with Gasteiger partial charge in [-0.25, -0.2) is 4.79 Å². The zero-order chi connectivity index (χ0) is 34.6. The fourth-order valence-corrected chi connectivity index (χ4v) is 7.80. The maximum absolute atomic E-state index is 13.8. The molecule has 1 unspecified atom stereocenters. The lowest BCUT2D eigenvalue weighted by Crippen LogP contribution is -2.26. The zero-order valence-corrected chi connectivity index (χ0v) is 29.5. The number of cyclic esters (lactones) is 1. The maximum Gasteiger partial charge on any atom is 0.340 e. The Hall–Kier alpha value is -5.43. The van der Waals surface area contributed by atoms with Crippen molar-refractivity contribution in [3.63, 3.8) is 0 Å². The SMILES string of the molecule is CCn1c(C)c(C(=CC2(c3ccc(N(C)C)cc3)OC(=O)c3ccccc32)c2c(C)n(CC)c3ccc(OC)cc23)c2cc(OC)ccc21. The van der Waals surface area contributed by atoms with E-state index in [1.54, 1.807) is 14.2 Å². The number of aryl methyl sites for hydroxylation is 2. The van der Waals surface area contributed by atoms with E-state index in [-0.39, 0.29) is 5.97 Å². The fourth-order valence-electron chi connectivity index (χ4n) is 7.80.